The lowest BCUT2D eigenvalue weighted by atomic mass is 10.1. The Labute approximate surface area is 98.4 Å². The van der Waals surface area contributed by atoms with Crippen LogP contribution in [0.4, 0.5) is 10.1 Å². The van der Waals surface area contributed by atoms with Crippen LogP contribution in [0.1, 0.15) is 18.4 Å². The van der Waals surface area contributed by atoms with Gasteiger partial charge in [0.2, 0.25) is 5.91 Å². The summed E-state index contributed by atoms with van der Waals surface area (Å²) in [4.78, 5) is 11.0. The number of rotatable bonds is 3. The first-order valence-electron chi connectivity index (χ1n) is 5.42. The Balaban J connectivity index is 1.99. The monoisotopic (exact) mass is 233 g/mol. The van der Waals surface area contributed by atoms with E-state index in [1.165, 1.54) is 18.2 Å². The molecule has 1 aromatic rings. The highest BCUT2D eigenvalue weighted by molar-refractivity contribution is 5.78. The molecule has 1 unspecified atom stereocenters. The predicted molar refractivity (Wildman–Crippen MR) is 60.8 cm³/mol. The van der Waals surface area contributed by atoms with E-state index in [0.29, 0.717) is 18.7 Å². The smallest absolute Gasteiger partial charge is 0.220 e. The van der Waals surface area contributed by atoms with Gasteiger partial charge in [0, 0.05) is 19.0 Å². The van der Waals surface area contributed by atoms with Gasteiger partial charge >= 0.3 is 0 Å². The van der Waals surface area contributed by atoms with Gasteiger partial charge in [-0.3, -0.25) is 4.79 Å². The molecule has 1 aromatic carbocycles. The van der Waals surface area contributed by atoms with Gasteiger partial charge in [0.1, 0.15) is 11.9 Å². The topological polar surface area (TPSA) is 64.9 Å². The number of carbonyl (C=O) groups excluding carboxylic acids is 1. The van der Waals surface area contributed by atoms with E-state index in [0.717, 1.165) is 6.42 Å². The number of hydrogen-bond donors (Lipinski definition) is 2. The number of carbonyl (C=O) groups is 1. The molecular weight excluding hydrogens is 221 g/mol. The van der Waals surface area contributed by atoms with E-state index in [9.17, 15) is 9.18 Å². The summed E-state index contributed by atoms with van der Waals surface area (Å²) in [6.07, 6.45) is 1.33. The van der Waals surface area contributed by atoms with Crippen molar-refractivity contribution in [3.8, 4) is 6.07 Å². The summed E-state index contributed by atoms with van der Waals surface area (Å²) < 4.78 is 12.9. The first kappa shape index (κ1) is 11.4. The Bertz CT molecular complexity index is 481. The van der Waals surface area contributed by atoms with Gasteiger partial charge in [-0.2, -0.15) is 5.26 Å². The molecule has 1 atom stereocenters. The summed E-state index contributed by atoms with van der Waals surface area (Å²) >= 11 is 0. The quantitative estimate of drug-likeness (QED) is 0.829. The molecule has 17 heavy (non-hydrogen) atoms. The molecule has 0 radical (unpaired) electrons. The van der Waals surface area contributed by atoms with Crippen LogP contribution in [-0.4, -0.2) is 18.5 Å². The average Bonchev–Trinajstić information content (AvgIpc) is 2.73. The van der Waals surface area contributed by atoms with Crippen LogP contribution in [-0.2, 0) is 4.79 Å². The molecule has 0 aliphatic carbocycles. The van der Waals surface area contributed by atoms with Gasteiger partial charge in [-0.1, -0.05) is 0 Å². The predicted octanol–water partition coefficient (Wildman–Crippen LogP) is 1.39. The third-order valence-corrected chi connectivity index (χ3v) is 2.73. The second-order valence-electron chi connectivity index (χ2n) is 3.99. The fraction of sp³-hybridized carbons (Fsp3) is 0.333. The molecule has 2 N–H and O–H groups in total. The molecule has 1 heterocycles. The molecule has 1 aliphatic rings. The second kappa shape index (κ2) is 4.83. The zero-order valence-electron chi connectivity index (χ0n) is 9.16. The lowest BCUT2D eigenvalue weighted by Gasteiger charge is -2.13. The molecule has 0 aromatic heterocycles. The molecule has 4 nitrogen and oxygen atoms in total. The van der Waals surface area contributed by atoms with Crippen molar-refractivity contribution >= 4 is 11.6 Å². The van der Waals surface area contributed by atoms with Gasteiger partial charge in [-0.05, 0) is 24.6 Å². The fourth-order valence-corrected chi connectivity index (χ4v) is 1.83. The summed E-state index contributed by atoms with van der Waals surface area (Å²) in [7, 11) is 0. The first-order valence-corrected chi connectivity index (χ1v) is 5.42. The maximum atomic E-state index is 12.9. The number of benzene rings is 1. The van der Waals surface area contributed by atoms with Crippen LogP contribution in [0.15, 0.2) is 18.2 Å². The van der Waals surface area contributed by atoms with Crippen molar-refractivity contribution < 1.29 is 9.18 Å². The summed E-state index contributed by atoms with van der Waals surface area (Å²) in [5.74, 6) is -0.377. The van der Waals surface area contributed by atoms with E-state index in [-0.39, 0.29) is 17.5 Å². The summed E-state index contributed by atoms with van der Waals surface area (Å²) in [6, 6.07) is 6.04. The van der Waals surface area contributed by atoms with E-state index >= 15 is 0 Å². The normalized spacial score (nSPS) is 18.6. The summed E-state index contributed by atoms with van der Waals surface area (Å²) in [5.41, 5.74) is 0.865. The number of hydrogen-bond acceptors (Lipinski definition) is 3. The third kappa shape index (κ3) is 2.72. The van der Waals surface area contributed by atoms with Crippen molar-refractivity contribution in [1.29, 1.82) is 5.26 Å². The lowest BCUT2D eigenvalue weighted by molar-refractivity contribution is -0.119. The molecule has 0 bridgehead atoms. The molecule has 0 saturated carbocycles. The molecule has 0 spiro atoms. The van der Waals surface area contributed by atoms with Gasteiger partial charge in [0.25, 0.3) is 0 Å². The minimum Gasteiger partial charge on any atom is -0.382 e. The van der Waals surface area contributed by atoms with Crippen molar-refractivity contribution in [2.45, 2.75) is 18.9 Å². The largest absolute Gasteiger partial charge is 0.382 e. The standard InChI is InChI=1S/C12H12FN3O/c13-9-1-3-11(8(5-9)6-14)15-7-10-2-4-12(17)16-10/h1,3,5,10,15H,2,4,7H2,(H,16,17). The van der Waals surface area contributed by atoms with Crippen molar-refractivity contribution in [2.75, 3.05) is 11.9 Å². The number of amides is 1. The fourth-order valence-electron chi connectivity index (χ4n) is 1.83. The van der Waals surface area contributed by atoms with Crippen LogP contribution >= 0.6 is 0 Å². The molecule has 1 saturated heterocycles. The van der Waals surface area contributed by atoms with E-state index < -0.39 is 5.82 Å². The van der Waals surface area contributed by atoms with Crippen molar-refractivity contribution in [1.82, 2.24) is 5.32 Å². The lowest BCUT2D eigenvalue weighted by Crippen LogP contribution is -2.31. The van der Waals surface area contributed by atoms with E-state index in [1.54, 1.807) is 0 Å². The maximum Gasteiger partial charge on any atom is 0.220 e. The van der Waals surface area contributed by atoms with Crippen molar-refractivity contribution in [3.05, 3.63) is 29.6 Å². The Morgan fingerprint density at radius 1 is 1.59 bits per heavy atom. The SMILES string of the molecule is N#Cc1cc(F)ccc1NCC1CCC(=O)N1. The molecule has 1 fully saturated rings. The van der Waals surface area contributed by atoms with Crippen LogP contribution in [0.2, 0.25) is 0 Å². The molecular formula is C12H12FN3O. The Morgan fingerprint density at radius 2 is 2.41 bits per heavy atom. The van der Waals surface area contributed by atoms with E-state index in [2.05, 4.69) is 10.6 Å². The van der Waals surface area contributed by atoms with Gasteiger partial charge in [-0.15, -0.1) is 0 Å². The highest BCUT2D eigenvalue weighted by Gasteiger charge is 2.20. The Kier molecular flexibility index (Phi) is 3.24. The second-order valence-corrected chi connectivity index (χ2v) is 3.99. The van der Waals surface area contributed by atoms with Gasteiger partial charge < -0.3 is 10.6 Å². The number of anilines is 1. The van der Waals surface area contributed by atoms with Crippen LogP contribution in [0, 0.1) is 17.1 Å². The minimum absolute atomic E-state index is 0.0522. The zero-order valence-corrected chi connectivity index (χ0v) is 9.16. The van der Waals surface area contributed by atoms with Crippen LogP contribution < -0.4 is 10.6 Å². The minimum atomic E-state index is -0.429. The maximum absolute atomic E-state index is 12.9. The summed E-state index contributed by atoms with van der Waals surface area (Å²) in [5, 5.41) is 14.7. The first-order chi connectivity index (χ1) is 8.19. The van der Waals surface area contributed by atoms with Gasteiger partial charge in [-0.25, -0.2) is 4.39 Å². The Hall–Kier alpha value is -2.09. The third-order valence-electron chi connectivity index (χ3n) is 2.73. The summed E-state index contributed by atoms with van der Waals surface area (Å²) in [6.45, 7) is 0.548. The molecule has 5 heteroatoms. The molecule has 1 amide bonds. The Morgan fingerprint density at radius 3 is 3.06 bits per heavy atom. The highest BCUT2D eigenvalue weighted by atomic mass is 19.1. The molecule has 2 rings (SSSR count). The number of nitrogens with zero attached hydrogens (tertiary/aromatic N) is 1. The van der Waals surface area contributed by atoms with Crippen molar-refractivity contribution in [3.63, 3.8) is 0 Å². The molecule has 1 aliphatic heterocycles. The highest BCUT2D eigenvalue weighted by Crippen LogP contribution is 2.16. The van der Waals surface area contributed by atoms with Crippen LogP contribution in [0.3, 0.4) is 0 Å². The van der Waals surface area contributed by atoms with E-state index in [1.807, 2.05) is 6.07 Å². The average molecular weight is 233 g/mol. The van der Waals surface area contributed by atoms with E-state index in [4.69, 9.17) is 5.26 Å². The van der Waals surface area contributed by atoms with Gasteiger partial charge in [0.15, 0.2) is 0 Å². The zero-order chi connectivity index (χ0) is 12.3. The molecule has 88 valence electrons. The van der Waals surface area contributed by atoms with Crippen LogP contribution in [0.25, 0.3) is 0 Å². The van der Waals surface area contributed by atoms with Crippen LogP contribution in [0.5, 0.6) is 0 Å². The van der Waals surface area contributed by atoms with Crippen molar-refractivity contribution in [2.24, 2.45) is 0 Å². The van der Waals surface area contributed by atoms with Gasteiger partial charge in [0.05, 0.1) is 11.3 Å². The number of halogens is 1. The number of nitriles is 1. The number of nitrogens with one attached hydrogen (secondary N) is 2.